The number of benzene rings is 2. The molecule has 29 heavy (non-hydrogen) atoms. The zero-order valence-corrected chi connectivity index (χ0v) is 14.9. The molecule has 0 heterocycles. The van der Waals surface area contributed by atoms with Gasteiger partial charge in [-0.25, -0.2) is 17.9 Å². The normalized spacial score (nSPS) is 10.8. The van der Waals surface area contributed by atoms with Crippen LogP contribution in [0.3, 0.4) is 0 Å². The van der Waals surface area contributed by atoms with E-state index in [-0.39, 0.29) is 5.69 Å². The summed E-state index contributed by atoms with van der Waals surface area (Å²) < 4.78 is 30.6. The zero-order valence-electron chi connectivity index (χ0n) is 14.1. The number of nitrogens with zero attached hydrogens (tertiary/aromatic N) is 3. The highest BCUT2D eigenvalue weighted by Gasteiger charge is 2.30. The van der Waals surface area contributed by atoms with Gasteiger partial charge in [0.05, 0.1) is 20.8 Å². The molecule has 0 radical (unpaired) electrons. The van der Waals surface area contributed by atoms with Crippen molar-refractivity contribution in [2.45, 2.75) is 11.5 Å². The summed E-state index contributed by atoms with van der Waals surface area (Å²) >= 11 is 0. The first-order valence-corrected chi connectivity index (χ1v) is 8.85. The van der Waals surface area contributed by atoms with Crippen molar-refractivity contribution < 1.29 is 32.7 Å². The number of hydrogen-bond acceptors (Lipinski definition) is 10. The van der Waals surface area contributed by atoms with Gasteiger partial charge in [0.25, 0.3) is 27.1 Å². The molecule has 0 saturated carbocycles. The minimum atomic E-state index is -4.78. The molecule has 14 nitrogen and oxygen atoms in total. The lowest BCUT2D eigenvalue weighted by atomic mass is 10.2. The van der Waals surface area contributed by atoms with Gasteiger partial charge in [-0.2, -0.15) is 0 Å². The second kappa shape index (κ2) is 8.26. The van der Waals surface area contributed by atoms with E-state index in [1.807, 2.05) is 0 Å². The van der Waals surface area contributed by atoms with Gasteiger partial charge in [-0.05, 0) is 23.8 Å². The molecule has 0 atom stereocenters. The third-order valence-corrected chi connectivity index (χ3v) is 4.73. The molecule has 0 fully saturated rings. The molecular formula is C14H10N4O10S. The van der Waals surface area contributed by atoms with Crippen molar-refractivity contribution in [3.63, 3.8) is 0 Å². The topological polar surface area (TPSA) is 202 Å². The molecule has 0 aliphatic heterocycles. The fraction of sp³-hybridized carbons (Fsp3) is 0.0714. The van der Waals surface area contributed by atoms with Crippen LogP contribution in [0.2, 0.25) is 0 Å². The number of amides is 1. The predicted molar refractivity (Wildman–Crippen MR) is 93.4 cm³/mol. The standard InChI is InChI=1S/C14H10N4O10S/c19-14(28-8-9-1-3-10(4-2-9)16(20)21)15-29(26,27)13-6-5-11(17(22)23)7-12(13)18(24)25/h1-7H,8H2,(H,15,19). The average Bonchev–Trinajstić information content (AvgIpc) is 2.65. The molecule has 1 amide bonds. The lowest BCUT2D eigenvalue weighted by molar-refractivity contribution is -0.396. The van der Waals surface area contributed by atoms with Gasteiger partial charge in [0.1, 0.15) is 6.61 Å². The Hall–Kier alpha value is -4.14. The van der Waals surface area contributed by atoms with E-state index in [4.69, 9.17) is 0 Å². The van der Waals surface area contributed by atoms with Crippen molar-refractivity contribution in [3.8, 4) is 0 Å². The highest BCUT2D eigenvalue weighted by atomic mass is 32.2. The van der Waals surface area contributed by atoms with Crippen LogP contribution in [0.5, 0.6) is 0 Å². The van der Waals surface area contributed by atoms with Crippen molar-refractivity contribution >= 4 is 33.2 Å². The first-order valence-electron chi connectivity index (χ1n) is 7.37. The number of ether oxygens (including phenoxy) is 1. The molecule has 0 bridgehead atoms. The molecule has 0 aliphatic carbocycles. The first kappa shape index (κ1) is 21.2. The molecule has 2 aromatic carbocycles. The van der Waals surface area contributed by atoms with Crippen LogP contribution in [0.4, 0.5) is 21.9 Å². The third-order valence-electron chi connectivity index (χ3n) is 3.37. The summed E-state index contributed by atoms with van der Waals surface area (Å²) in [5.74, 6) is 0. The number of hydrogen-bond donors (Lipinski definition) is 1. The summed E-state index contributed by atoms with van der Waals surface area (Å²) in [6.45, 7) is -0.443. The van der Waals surface area contributed by atoms with Crippen molar-refractivity contribution in [2.24, 2.45) is 0 Å². The lowest BCUT2D eigenvalue weighted by Gasteiger charge is -2.08. The number of nitrogens with one attached hydrogen (secondary N) is 1. The van der Waals surface area contributed by atoms with Gasteiger partial charge < -0.3 is 4.74 Å². The predicted octanol–water partition coefficient (Wildman–Crippen LogP) is 2.03. The van der Waals surface area contributed by atoms with Crippen LogP contribution in [0.25, 0.3) is 0 Å². The lowest BCUT2D eigenvalue weighted by Crippen LogP contribution is -2.31. The number of sulfonamides is 1. The molecule has 0 aliphatic rings. The van der Waals surface area contributed by atoms with Crippen molar-refractivity contribution in [1.82, 2.24) is 4.72 Å². The maximum absolute atomic E-state index is 12.2. The van der Waals surface area contributed by atoms with Crippen LogP contribution in [0.15, 0.2) is 47.4 Å². The first-order chi connectivity index (χ1) is 13.5. The molecule has 1 N–H and O–H groups in total. The molecule has 152 valence electrons. The maximum Gasteiger partial charge on any atom is 0.421 e. The van der Waals surface area contributed by atoms with E-state index < -0.39 is 53.8 Å². The fourth-order valence-corrected chi connectivity index (χ4v) is 3.09. The van der Waals surface area contributed by atoms with Gasteiger partial charge in [-0.3, -0.25) is 30.3 Å². The van der Waals surface area contributed by atoms with Crippen molar-refractivity contribution in [2.75, 3.05) is 0 Å². The molecule has 2 rings (SSSR count). The summed E-state index contributed by atoms with van der Waals surface area (Å²) in [5, 5.41) is 32.3. The number of nitro groups is 3. The molecular weight excluding hydrogens is 416 g/mol. The Labute approximate surface area is 161 Å². The Kier molecular flexibility index (Phi) is 6.03. The van der Waals surface area contributed by atoms with Gasteiger partial charge in [0.15, 0.2) is 4.90 Å². The molecule has 15 heteroatoms. The summed E-state index contributed by atoms with van der Waals surface area (Å²) in [6.07, 6.45) is -1.48. The number of rotatable bonds is 7. The Bertz CT molecular complexity index is 1100. The van der Waals surface area contributed by atoms with Gasteiger partial charge in [0, 0.05) is 18.2 Å². The van der Waals surface area contributed by atoms with E-state index in [1.165, 1.54) is 16.9 Å². The third kappa shape index (κ3) is 5.19. The highest BCUT2D eigenvalue weighted by Crippen LogP contribution is 2.28. The van der Waals surface area contributed by atoms with Crippen LogP contribution in [-0.4, -0.2) is 29.3 Å². The average molecular weight is 426 g/mol. The Morgan fingerprint density at radius 3 is 1.97 bits per heavy atom. The van der Waals surface area contributed by atoms with E-state index in [9.17, 15) is 43.6 Å². The van der Waals surface area contributed by atoms with E-state index in [0.29, 0.717) is 17.7 Å². The molecule has 0 aromatic heterocycles. The number of nitro benzene ring substituents is 3. The zero-order chi connectivity index (χ0) is 21.8. The van der Waals surface area contributed by atoms with Gasteiger partial charge in [0.2, 0.25) is 0 Å². The maximum atomic E-state index is 12.2. The van der Waals surface area contributed by atoms with Crippen LogP contribution < -0.4 is 4.72 Å². The molecule has 0 saturated heterocycles. The molecule has 0 unspecified atom stereocenters. The summed E-state index contributed by atoms with van der Waals surface area (Å²) in [4.78, 5) is 40.3. The van der Waals surface area contributed by atoms with Crippen LogP contribution in [0.1, 0.15) is 5.56 Å². The summed E-state index contributed by atoms with van der Waals surface area (Å²) in [7, 11) is -4.78. The van der Waals surface area contributed by atoms with E-state index in [1.54, 1.807) is 0 Å². The van der Waals surface area contributed by atoms with E-state index in [2.05, 4.69) is 4.74 Å². The molecule has 2 aromatic rings. The Balaban J connectivity index is 2.14. The highest BCUT2D eigenvalue weighted by molar-refractivity contribution is 7.90. The summed E-state index contributed by atoms with van der Waals surface area (Å²) in [6, 6.07) is 6.63. The van der Waals surface area contributed by atoms with E-state index in [0.717, 1.165) is 18.2 Å². The van der Waals surface area contributed by atoms with Crippen LogP contribution in [-0.2, 0) is 21.4 Å². The quantitative estimate of drug-likeness (QED) is 0.504. The second-order valence-corrected chi connectivity index (χ2v) is 6.92. The monoisotopic (exact) mass is 426 g/mol. The van der Waals surface area contributed by atoms with Crippen molar-refractivity contribution in [3.05, 3.63) is 78.4 Å². The SMILES string of the molecule is O=C(NS(=O)(=O)c1ccc([N+](=O)[O-])cc1[N+](=O)[O-])OCc1ccc([N+](=O)[O-])cc1. The van der Waals surface area contributed by atoms with Crippen LogP contribution >= 0.6 is 0 Å². The Morgan fingerprint density at radius 2 is 1.45 bits per heavy atom. The van der Waals surface area contributed by atoms with Crippen molar-refractivity contribution in [1.29, 1.82) is 0 Å². The minimum Gasteiger partial charge on any atom is -0.444 e. The smallest absolute Gasteiger partial charge is 0.421 e. The second-order valence-electron chi connectivity index (χ2n) is 5.27. The van der Waals surface area contributed by atoms with Crippen LogP contribution in [0, 0.1) is 30.3 Å². The van der Waals surface area contributed by atoms with Gasteiger partial charge in [-0.15, -0.1) is 0 Å². The van der Waals surface area contributed by atoms with E-state index >= 15 is 0 Å². The summed E-state index contributed by atoms with van der Waals surface area (Å²) in [5.41, 5.74) is -1.71. The number of carbonyl (C=O) groups excluding carboxylic acids is 1. The molecule has 0 spiro atoms. The fourth-order valence-electron chi connectivity index (χ4n) is 2.05. The van der Waals surface area contributed by atoms with Gasteiger partial charge in [-0.1, -0.05) is 0 Å². The van der Waals surface area contributed by atoms with Gasteiger partial charge >= 0.3 is 6.09 Å². The minimum absolute atomic E-state index is 0.203. The number of non-ortho nitro benzene ring substituents is 2. The number of carbonyl (C=O) groups is 1. The Morgan fingerprint density at radius 1 is 0.897 bits per heavy atom. The largest absolute Gasteiger partial charge is 0.444 e.